The van der Waals surface area contributed by atoms with E-state index in [0.717, 1.165) is 19.3 Å². The van der Waals surface area contributed by atoms with Crippen LogP contribution in [0.5, 0.6) is 0 Å². The summed E-state index contributed by atoms with van der Waals surface area (Å²) >= 11 is 0. The van der Waals surface area contributed by atoms with Crippen LogP contribution in [0.2, 0.25) is 0 Å². The first-order chi connectivity index (χ1) is 7.63. The lowest BCUT2D eigenvalue weighted by Crippen LogP contribution is -2.48. The lowest BCUT2D eigenvalue weighted by atomic mass is 9.98. The second-order valence-corrected chi connectivity index (χ2v) is 4.94. The van der Waals surface area contributed by atoms with Gasteiger partial charge in [-0.3, -0.25) is 9.59 Å². The fraction of sp³-hybridized carbons (Fsp3) is 0.833. The third-order valence-corrected chi connectivity index (χ3v) is 3.65. The average molecular weight is 224 g/mol. The highest BCUT2D eigenvalue weighted by molar-refractivity contribution is 5.90. The Balaban J connectivity index is 2.13. The van der Waals surface area contributed by atoms with Crippen LogP contribution in [0.1, 0.15) is 39.5 Å². The van der Waals surface area contributed by atoms with E-state index < -0.39 is 0 Å². The van der Waals surface area contributed by atoms with Crippen LogP contribution < -0.4 is 5.32 Å². The Bertz CT molecular complexity index is 299. The van der Waals surface area contributed by atoms with Crippen LogP contribution in [0.15, 0.2) is 0 Å². The maximum atomic E-state index is 12.3. The molecule has 1 heterocycles. The van der Waals surface area contributed by atoms with Gasteiger partial charge in [0.2, 0.25) is 11.8 Å². The normalized spacial score (nSPS) is 28.6. The van der Waals surface area contributed by atoms with Crippen molar-refractivity contribution in [2.24, 2.45) is 5.92 Å². The number of carbonyl (C=O) groups excluding carboxylic acids is 2. The standard InChI is InChI=1S/C12H20N2O2/c1-3-8(2)11-12(16)14(9-4-5-9)7-6-10(15)13-11/h8-9,11H,3-7H2,1-2H3,(H,13,15). The Hall–Kier alpha value is -1.06. The van der Waals surface area contributed by atoms with Crippen LogP contribution in [0.25, 0.3) is 0 Å². The topological polar surface area (TPSA) is 49.4 Å². The quantitative estimate of drug-likeness (QED) is 0.774. The van der Waals surface area contributed by atoms with Crippen LogP contribution in [0.3, 0.4) is 0 Å². The zero-order valence-corrected chi connectivity index (χ0v) is 10.0. The largest absolute Gasteiger partial charge is 0.344 e. The highest BCUT2D eigenvalue weighted by atomic mass is 16.2. The summed E-state index contributed by atoms with van der Waals surface area (Å²) in [6.07, 6.45) is 3.57. The molecule has 2 unspecified atom stereocenters. The maximum Gasteiger partial charge on any atom is 0.245 e. The number of hydrogen-bond acceptors (Lipinski definition) is 2. The van der Waals surface area contributed by atoms with Crippen LogP contribution in [-0.4, -0.2) is 35.3 Å². The smallest absolute Gasteiger partial charge is 0.245 e. The molecule has 2 amide bonds. The fourth-order valence-corrected chi connectivity index (χ4v) is 2.19. The van der Waals surface area contributed by atoms with Crippen LogP contribution >= 0.6 is 0 Å². The van der Waals surface area contributed by atoms with Gasteiger partial charge in [0.1, 0.15) is 6.04 Å². The minimum Gasteiger partial charge on any atom is -0.344 e. The van der Waals surface area contributed by atoms with E-state index in [1.54, 1.807) is 0 Å². The van der Waals surface area contributed by atoms with Crippen molar-refractivity contribution in [2.75, 3.05) is 6.54 Å². The molecule has 0 aromatic heterocycles. The molecule has 1 aliphatic carbocycles. The summed E-state index contributed by atoms with van der Waals surface area (Å²) < 4.78 is 0. The molecule has 4 nitrogen and oxygen atoms in total. The van der Waals surface area contributed by atoms with Gasteiger partial charge in [-0.1, -0.05) is 20.3 Å². The molecule has 1 saturated carbocycles. The first-order valence-corrected chi connectivity index (χ1v) is 6.23. The highest BCUT2D eigenvalue weighted by Crippen LogP contribution is 2.29. The van der Waals surface area contributed by atoms with Gasteiger partial charge < -0.3 is 10.2 Å². The second kappa shape index (κ2) is 4.44. The van der Waals surface area contributed by atoms with Gasteiger partial charge >= 0.3 is 0 Å². The van der Waals surface area contributed by atoms with Crippen molar-refractivity contribution in [1.29, 1.82) is 0 Å². The van der Waals surface area contributed by atoms with Crippen molar-refractivity contribution in [1.82, 2.24) is 10.2 Å². The molecule has 1 aliphatic heterocycles. The number of nitrogens with zero attached hydrogens (tertiary/aromatic N) is 1. The van der Waals surface area contributed by atoms with Gasteiger partial charge in [0.25, 0.3) is 0 Å². The van der Waals surface area contributed by atoms with Crippen molar-refractivity contribution in [2.45, 2.75) is 51.6 Å². The molecule has 4 heteroatoms. The summed E-state index contributed by atoms with van der Waals surface area (Å²) in [5.41, 5.74) is 0. The Kier molecular flexibility index (Phi) is 3.17. The third kappa shape index (κ3) is 2.20. The van der Waals surface area contributed by atoms with Gasteiger partial charge in [-0.25, -0.2) is 0 Å². The van der Waals surface area contributed by atoms with Gasteiger partial charge in [-0.2, -0.15) is 0 Å². The zero-order valence-electron chi connectivity index (χ0n) is 10.0. The van der Waals surface area contributed by atoms with Gasteiger partial charge in [0.15, 0.2) is 0 Å². The Morgan fingerprint density at radius 2 is 2.12 bits per heavy atom. The number of rotatable bonds is 3. The minimum atomic E-state index is -0.305. The first kappa shape index (κ1) is 11.4. The molecule has 16 heavy (non-hydrogen) atoms. The van der Waals surface area contributed by atoms with Crippen molar-refractivity contribution in [3.8, 4) is 0 Å². The van der Waals surface area contributed by atoms with Crippen LogP contribution in [-0.2, 0) is 9.59 Å². The maximum absolute atomic E-state index is 12.3. The predicted molar refractivity (Wildman–Crippen MR) is 60.7 cm³/mol. The molecular formula is C12H20N2O2. The first-order valence-electron chi connectivity index (χ1n) is 6.23. The van der Waals surface area contributed by atoms with Crippen molar-refractivity contribution in [3.05, 3.63) is 0 Å². The Morgan fingerprint density at radius 3 is 2.69 bits per heavy atom. The molecule has 1 N–H and O–H groups in total. The molecule has 2 atom stereocenters. The summed E-state index contributed by atoms with van der Waals surface area (Å²) in [5, 5.41) is 2.86. The van der Waals surface area contributed by atoms with Crippen molar-refractivity contribution in [3.63, 3.8) is 0 Å². The van der Waals surface area contributed by atoms with E-state index in [2.05, 4.69) is 12.2 Å². The molecule has 2 fully saturated rings. The van der Waals surface area contributed by atoms with Crippen LogP contribution in [0, 0.1) is 5.92 Å². The van der Waals surface area contributed by atoms with E-state index in [1.165, 1.54) is 0 Å². The monoisotopic (exact) mass is 224 g/mol. The van der Waals surface area contributed by atoms with Crippen molar-refractivity contribution >= 4 is 11.8 Å². The molecule has 0 aromatic carbocycles. The SMILES string of the molecule is CCC(C)C1NC(=O)CCN(C2CC2)C1=O. The van der Waals surface area contributed by atoms with E-state index in [1.807, 2.05) is 11.8 Å². The van der Waals surface area contributed by atoms with Crippen LogP contribution in [0.4, 0.5) is 0 Å². The number of hydrogen-bond donors (Lipinski definition) is 1. The highest BCUT2D eigenvalue weighted by Gasteiger charge is 2.39. The molecule has 2 rings (SSSR count). The molecule has 90 valence electrons. The summed E-state index contributed by atoms with van der Waals surface area (Å²) in [6, 6.07) is 0.104. The van der Waals surface area contributed by atoms with Gasteiger partial charge in [0, 0.05) is 19.0 Å². The number of carbonyl (C=O) groups is 2. The van der Waals surface area contributed by atoms with Crippen molar-refractivity contribution < 1.29 is 9.59 Å². The van der Waals surface area contributed by atoms with E-state index in [4.69, 9.17) is 0 Å². The van der Waals surface area contributed by atoms with Gasteiger partial charge in [-0.05, 0) is 18.8 Å². The molecule has 0 aromatic rings. The molecular weight excluding hydrogens is 204 g/mol. The molecule has 0 radical (unpaired) electrons. The lowest BCUT2D eigenvalue weighted by Gasteiger charge is -2.27. The van der Waals surface area contributed by atoms with E-state index in [0.29, 0.717) is 19.0 Å². The molecule has 2 aliphatic rings. The number of amides is 2. The van der Waals surface area contributed by atoms with E-state index in [-0.39, 0.29) is 23.8 Å². The Labute approximate surface area is 96.4 Å². The van der Waals surface area contributed by atoms with Gasteiger partial charge in [0.05, 0.1) is 0 Å². The van der Waals surface area contributed by atoms with Gasteiger partial charge in [-0.15, -0.1) is 0 Å². The molecule has 1 saturated heterocycles. The third-order valence-electron chi connectivity index (χ3n) is 3.65. The minimum absolute atomic E-state index is 0.0156. The summed E-state index contributed by atoms with van der Waals surface area (Å²) in [5.74, 6) is 0.361. The zero-order chi connectivity index (χ0) is 11.7. The summed E-state index contributed by atoms with van der Waals surface area (Å²) in [6.45, 7) is 4.68. The molecule has 0 spiro atoms. The lowest BCUT2D eigenvalue weighted by molar-refractivity contribution is -0.135. The summed E-state index contributed by atoms with van der Waals surface area (Å²) in [4.78, 5) is 25.8. The van der Waals surface area contributed by atoms with E-state index >= 15 is 0 Å². The van der Waals surface area contributed by atoms with E-state index in [9.17, 15) is 9.59 Å². The number of nitrogens with one attached hydrogen (secondary N) is 1. The average Bonchev–Trinajstić information content (AvgIpc) is 3.08. The molecule has 0 bridgehead atoms. The second-order valence-electron chi connectivity index (χ2n) is 4.94. The summed E-state index contributed by atoms with van der Waals surface area (Å²) in [7, 11) is 0. The predicted octanol–water partition coefficient (Wildman–Crippen LogP) is 0.912. The Morgan fingerprint density at radius 1 is 1.44 bits per heavy atom. The fourth-order valence-electron chi connectivity index (χ4n) is 2.19.